The molecule has 0 aromatic carbocycles. The Kier molecular flexibility index (Phi) is 5.81. The van der Waals surface area contributed by atoms with E-state index in [2.05, 4.69) is 10.6 Å². The van der Waals surface area contributed by atoms with Crippen LogP contribution in [0.1, 0.15) is 40.4 Å². The first-order valence-corrected chi connectivity index (χ1v) is 6.98. The molecule has 118 valence electrons. The highest BCUT2D eigenvalue weighted by molar-refractivity contribution is 5.85. The Labute approximate surface area is 125 Å². The van der Waals surface area contributed by atoms with Crippen molar-refractivity contribution in [2.45, 2.75) is 52.8 Å². The summed E-state index contributed by atoms with van der Waals surface area (Å²) in [6, 6.07) is 2.86. The first kappa shape index (κ1) is 17.1. The lowest BCUT2D eigenvalue weighted by Crippen LogP contribution is -2.50. The number of furan rings is 1. The van der Waals surface area contributed by atoms with Crippen LogP contribution < -0.4 is 10.6 Å². The number of rotatable bonds is 5. The molecular formula is C15H24N2O4. The minimum Gasteiger partial charge on any atom is -0.467 e. The second-order valence-corrected chi connectivity index (χ2v) is 6.17. The zero-order valence-corrected chi connectivity index (χ0v) is 13.2. The van der Waals surface area contributed by atoms with Crippen LogP contribution in [0.4, 0.5) is 4.79 Å². The summed E-state index contributed by atoms with van der Waals surface area (Å²) >= 11 is 0. The van der Waals surface area contributed by atoms with Crippen LogP contribution in [0.25, 0.3) is 0 Å². The molecule has 0 fully saturated rings. The number of hydrogen-bond donors (Lipinski definition) is 2. The highest BCUT2D eigenvalue weighted by Crippen LogP contribution is 2.09. The number of carbonyl (C=O) groups excluding carboxylic acids is 2. The molecule has 0 aliphatic carbocycles. The Balaban J connectivity index is 2.55. The summed E-state index contributed by atoms with van der Waals surface area (Å²) in [5, 5.41) is 5.33. The van der Waals surface area contributed by atoms with Crippen LogP contribution in [0.15, 0.2) is 22.8 Å². The average Bonchev–Trinajstić information content (AvgIpc) is 2.83. The van der Waals surface area contributed by atoms with Gasteiger partial charge in [0.15, 0.2) is 0 Å². The van der Waals surface area contributed by atoms with Crippen molar-refractivity contribution in [3.63, 3.8) is 0 Å². The van der Waals surface area contributed by atoms with E-state index in [1.54, 1.807) is 39.2 Å². The first-order valence-electron chi connectivity index (χ1n) is 6.98. The molecule has 0 aliphatic heterocycles. The third-order valence-corrected chi connectivity index (χ3v) is 2.64. The van der Waals surface area contributed by atoms with Gasteiger partial charge in [-0.25, -0.2) is 4.79 Å². The van der Waals surface area contributed by atoms with Crippen molar-refractivity contribution in [3.05, 3.63) is 24.2 Å². The predicted molar refractivity (Wildman–Crippen MR) is 78.6 cm³/mol. The maximum atomic E-state index is 12.2. The standard InChI is InChI=1S/C15H24N2O4/c1-10(2)12(17-14(19)21-15(3,4)5)13(18)16-9-11-7-6-8-20-11/h6-8,10,12H,9H2,1-5H3,(H,16,18)(H,17,19). The van der Waals surface area contributed by atoms with Crippen LogP contribution in [0, 0.1) is 5.92 Å². The third kappa shape index (κ3) is 6.33. The molecule has 1 rings (SSSR count). The molecule has 1 unspecified atom stereocenters. The van der Waals surface area contributed by atoms with Gasteiger partial charge in [0.05, 0.1) is 12.8 Å². The molecule has 2 amide bonds. The fraction of sp³-hybridized carbons (Fsp3) is 0.600. The number of hydrogen-bond acceptors (Lipinski definition) is 4. The molecule has 0 bridgehead atoms. The molecule has 1 aromatic heterocycles. The Hall–Kier alpha value is -1.98. The zero-order chi connectivity index (χ0) is 16.0. The minimum atomic E-state index is -0.658. The topological polar surface area (TPSA) is 80.6 Å². The van der Waals surface area contributed by atoms with Crippen molar-refractivity contribution in [1.82, 2.24) is 10.6 Å². The van der Waals surface area contributed by atoms with Crippen LogP contribution in [-0.4, -0.2) is 23.6 Å². The van der Waals surface area contributed by atoms with Gasteiger partial charge in [0.2, 0.25) is 5.91 Å². The van der Waals surface area contributed by atoms with Gasteiger partial charge in [-0.3, -0.25) is 4.79 Å². The van der Waals surface area contributed by atoms with Crippen LogP contribution in [0.3, 0.4) is 0 Å². The van der Waals surface area contributed by atoms with E-state index < -0.39 is 17.7 Å². The Bertz CT molecular complexity index is 461. The van der Waals surface area contributed by atoms with E-state index in [0.717, 1.165) is 0 Å². The largest absolute Gasteiger partial charge is 0.467 e. The van der Waals surface area contributed by atoms with Gasteiger partial charge in [0.25, 0.3) is 0 Å². The lowest BCUT2D eigenvalue weighted by Gasteiger charge is -2.25. The van der Waals surface area contributed by atoms with E-state index in [1.807, 2.05) is 13.8 Å². The van der Waals surface area contributed by atoms with Crippen molar-refractivity contribution in [3.8, 4) is 0 Å². The van der Waals surface area contributed by atoms with E-state index in [1.165, 1.54) is 0 Å². The lowest BCUT2D eigenvalue weighted by atomic mass is 10.0. The predicted octanol–water partition coefficient (Wildman–Crippen LogP) is 2.45. The van der Waals surface area contributed by atoms with Gasteiger partial charge in [0, 0.05) is 0 Å². The van der Waals surface area contributed by atoms with E-state index >= 15 is 0 Å². The SMILES string of the molecule is CC(C)C(NC(=O)OC(C)(C)C)C(=O)NCc1ccco1. The van der Waals surface area contributed by atoms with Gasteiger partial charge < -0.3 is 19.8 Å². The molecule has 2 N–H and O–H groups in total. The monoisotopic (exact) mass is 296 g/mol. The van der Waals surface area contributed by atoms with Crippen LogP contribution in [0.5, 0.6) is 0 Å². The average molecular weight is 296 g/mol. The summed E-state index contributed by atoms with van der Waals surface area (Å²) in [7, 11) is 0. The molecule has 6 heteroatoms. The number of alkyl carbamates (subject to hydrolysis) is 1. The number of ether oxygens (including phenoxy) is 1. The number of carbonyl (C=O) groups is 2. The van der Waals surface area contributed by atoms with Gasteiger partial charge in [-0.15, -0.1) is 0 Å². The van der Waals surface area contributed by atoms with Gasteiger partial charge >= 0.3 is 6.09 Å². The van der Waals surface area contributed by atoms with Crippen LogP contribution in [-0.2, 0) is 16.1 Å². The van der Waals surface area contributed by atoms with Gasteiger partial charge in [-0.2, -0.15) is 0 Å². The quantitative estimate of drug-likeness (QED) is 0.874. The highest BCUT2D eigenvalue weighted by Gasteiger charge is 2.26. The summed E-state index contributed by atoms with van der Waals surface area (Å²) in [5.74, 6) is 0.324. The van der Waals surface area contributed by atoms with E-state index in [0.29, 0.717) is 5.76 Å². The van der Waals surface area contributed by atoms with Crippen molar-refractivity contribution < 1.29 is 18.7 Å². The summed E-state index contributed by atoms with van der Waals surface area (Å²) in [6.45, 7) is 9.31. The van der Waals surface area contributed by atoms with Crippen molar-refractivity contribution in [1.29, 1.82) is 0 Å². The highest BCUT2D eigenvalue weighted by atomic mass is 16.6. The molecule has 21 heavy (non-hydrogen) atoms. The van der Waals surface area contributed by atoms with Crippen LogP contribution >= 0.6 is 0 Å². The van der Waals surface area contributed by atoms with E-state index in [9.17, 15) is 9.59 Å². The molecule has 1 heterocycles. The molecular weight excluding hydrogens is 272 g/mol. The van der Waals surface area contributed by atoms with Crippen molar-refractivity contribution in [2.75, 3.05) is 0 Å². The number of amides is 2. The fourth-order valence-electron chi connectivity index (χ4n) is 1.67. The summed E-state index contributed by atoms with van der Waals surface area (Å²) in [5.41, 5.74) is -0.601. The minimum absolute atomic E-state index is 0.0610. The maximum Gasteiger partial charge on any atom is 0.408 e. The van der Waals surface area contributed by atoms with Gasteiger partial charge in [-0.05, 0) is 38.8 Å². The van der Waals surface area contributed by atoms with E-state index in [-0.39, 0.29) is 18.4 Å². The van der Waals surface area contributed by atoms with Crippen molar-refractivity contribution >= 4 is 12.0 Å². The summed E-state index contributed by atoms with van der Waals surface area (Å²) < 4.78 is 10.3. The van der Waals surface area contributed by atoms with Gasteiger partial charge in [-0.1, -0.05) is 13.8 Å². The molecule has 0 aliphatic rings. The Morgan fingerprint density at radius 2 is 2.00 bits per heavy atom. The lowest BCUT2D eigenvalue weighted by molar-refractivity contribution is -0.124. The molecule has 1 aromatic rings. The maximum absolute atomic E-state index is 12.2. The molecule has 0 radical (unpaired) electrons. The zero-order valence-electron chi connectivity index (χ0n) is 13.2. The molecule has 0 saturated heterocycles. The Morgan fingerprint density at radius 3 is 2.48 bits per heavy atom. The molecule has 0 spiro atoms. The smallest absolute Gasteiger partial charge is 0.408 e. The normalized spacial score (nSPS) is 12.9. The van der Waals surface area contributed by atoms with E-state index in [4.69, 9.17) is 9.15 Å². The first-order chi connectivity index (χ1) is 9.69. The fourth-order valence-corrected chi connectivity index (χ4v) is 1.67. The molecule has 6 nitrogen and oxygen atoms in total. The van der Waals surface area contributed by atoms with Crippen LogP contribution in [0.2, 0.25) is 0 Å². The molecule has 1 atom stereocenters. The summed E-state index contributed by atoms with van der Waals surface area (Å²) in [6.07, 6.45) is 0.940. The number of nitrogens with one attached hydrogen (secondary N) is 2. The third-order valence-electron chi connectivity index (χ3n) is 2.64. The van der Waals surface area contributed by atoms with Gasteiger partial charge in [0.1, 0.15) is 17.4 Å². The second kappa shape index (κ2) is 7.15. The van der Waals surface area contributed by atoms with Crippen molar-refractivity contribution in [2.24, 2.45) is 5.92 Å². The Morgan fingerprint density at radius 1 is 1.33 bits per heavy atom. The summed E-state index contributed by atoms with van der Waals surface area (Å²) in [4.78, 5) is 23.9. The molecule has 0 saturated carbocycles. The second-order valence-electron chi connectivity index (χ2n) is 6.17.